The van der Waals surface area contributed by atoms with E-state index in [1.54, 1.807) is 18.2 Å². The number of benzene rings is 2. The molecule has 22 heavy (non-hydrogen) atoms. The summed E-state index contributed by atoms with van der Waals surface area (Å²) in [6.07, 6.45) is 1.36. The van der Waals surface area contributed by atoms with Gasteiger partial charge in [0.15, 0.2) is 11.5 Å². The minimum Gasteiger partial charge on any atom is -0.454 e. The number of carbonyl (C=O) groups excluding carboxylic acids is 1. The zero-order chi connectivity index (χ0) is 15.5. The van der Waals surface area contributed by atoms with Crippen LogP contribution in [0.2, 0.25) is 0 Å². The van der Waals surface area contributed by atoms with E-state index in [0.29, 0.717) is 22.6 Å². The molecular formula is C17H10FNO3. The molecule has 5 heteroatoms. The van der Waals surface area contributed by atoms with E-state index >= 15 is 0 Å². The van der Waals surface area contributed by atoms with Crippen LogP contribution in [0.3, 0.4) is 0 Å². The second-order valence-electron chi connectivity index (χ2n) is 4.62. The lowest BCUT2D eigenvalue weighted by Gasteiger charge is -2.02. The van der Waals surface area contributed by atoms with Gasteiger partial charge in [-0.1, -0.05) is 12.1 Å². The number of carbonyl (C=O) groups is 1. The predicted octanol–water partition coefficient (Wildman–Crippen LogP) is 3.34. The molecule has 0 saturated heterocycles. The average Bonchev–Trinajstić information content (AvgIpc) is 2.99. The fourth-order valence-electron chi connectivity index (χ4n) is 2.10. The third kappa shape index (κ3) is 2.67. The molecule has 0 unspecified atom stereocenters. The average molecular weight is 295 g/mol. The molecule has 0 N–H and O–H groups in total. The Bertz CT molecular complexity index is 821. The number of halogens is 1. The molecule has 0 spiro atoms. The summed E-state index contributed by atoms with van der Waals surface area (Å²) in [5.41, 5.74) is 0.684. The van der Waals surface area contributed by atoms with Crippen molar-refractivity contribution in [2.24, 2.45) is 0 Å². The highest BCUT2D eigenvalue weighted by atomic mass is 19.1. The van der Waals surface area contributed by atoms with Crippen LogP contribution < -0.4 is 9.47 Å². The fraction of sp³-hybridized carbons (Fsp3) is 0.0588. The first-order chi connectivity index (χ1) is 10.7. The van der Waals surface area contributed by atoms with E-state index in [2.05, 4.69) is 0 Å². The van der Waals surface area contributed by atoms with Gasteiger partial charge in [-0.2, -0.15) is 5.26 Å². The van der Waals surface area contributed by atoms with Gasteiger partial charge in [0.1, 0.15) is 17.5 Å². The number of nitrogens with zero attached hydrogens (tertiary/aromatic N) is 1. The zero-order valence-electron chi connectivity index (χ0n) is 11.4. The van der Waals surface area contributed by atoms with E-state index in [-0.39, 0.29) is 12.4 Å². The first-order valence-corrected chi connectivity index (χ1v) is 6.49. The topological polar surface area (TPSA) is 59.3 Å². The van der Waals surface area contributed by atoms with Crippen molar-refractivity contribution >= 4 is 11.9 Å². The van der Waals surface area contributed by atoms with Crippen LogP contribution in [0.15, 0.2) is 48.0 Å². The van der Waals surface area contributed by atoms with Gasteiger partial charge in [-0.25, -0.2) is 4.39 Å². The van der Waals surface area contributed by atoms with Crippen molar-refractivity contribution in [3.05, 3.63) is 65.0 Å². The molecule has 0 radical (unpaired) electrons. The molecule has 0 atom stereocenters. The zero-order valence-corrected chi connectivity index (χ0v) is 11.4. The number of ether oxygens (including phenoxy) is 2. The SMILES string of the molecule is N#CC(=Cc1cccc(F)c1)C(=O)c1ccc2c(c1)OCO2. The largest absolute Gasteiger partial charge is 0.454 e. The lowest BCUT2D eigenvalue weighted by molar-refractivity contribution is 0.103. The Morgan fingerprint density at radius 3 is 2.77 bits per heavy atom. The second-order valence-corrected chi connectivity index (χ2v) is 4.62. The number of hydrogen-bond acceptors (Lipinski definition) is 4. The van der Waals surface area contributed by atoms with Crippen LogP contribution in [0.5, 0.6) is 11.5 Å². The summed E-state index contributed by atoms with van der Waals surface area (Å²) in [5.74, 6) is 0.143. The molecule has 0 fully saturated rings. The lowest BCUT2D eigenvalue weighted by atomic mass is 10.0. The van der Waals surface area contributed by atoms with Crippen molar-refractivity contribution in [3.63, 3.8) is 0 Å². The third-order valence-corrected chi connectivity index (χ3v) is 3.16. The van der Waals surface area contributed by atoms with Crippen LogP contribution in [0, 0.1) is 17.1 Å². The predicted molar refractivity (Wildman–Crippen MR) is 76.9 cm³/mol. The Morgan fingerprint density at radius 2 is 2.00 bits per heavy atom. The van der Waals surface area contributed by atoms with Gasteiger partial charge in [0.2, 0.25) is 12.6 Å². The molecule has 1 aliphatic heterocycles. The second kappa shape index (κ2) is 5.70. The minimum atomic E-state index is -0.454. The van der Waals surface area contributed by atoms with Crippen LogP contribution in [-0.2, 0) is 0 Å². The maximum Gasteiger partial charge on any atom is 0.231 e. The number of fused-ring (bicyclic) bond motifs is 1. The molecule has 3 rings (SSSR count). The summed E-state index contributed by atoms with van der Waals surface area (Å²) in [6.45, 7) is 0.108. The van der Waals surface area contributed by atoms with Gasteiger partial charge < -0.3 is 9.47 Å². The molecule has 0 aliphatic carbocycles. The van der Waals surface area contributed by atoms with Crippen molar-refractivity contribution in [1.82, 2.24) is 0 Å². The summed E-state index contributed by atoms with van der Waals surface area (Å²) in [4.78, 5) is 12.4. The van der Waals surface area contributed by atoms with Crippen molar-refractivity contribution in [2.45, 2.75) is 0 Å². The Hall–Kier alpha value is -3.13. The van der Waals surface area contributed by atoms with Crippen molar-refractivity contribution in [2.75, 3.05) is 6.79 Å². The van der Waals surface area contributed by atoms with E-state index in [9.17, 15) is 14.4 Å². The molecule has 0 saturated carbocycles. The summed E-state index contributed by atoms with van der Waals surface area (Å²) in [7, 11) is 0. The Balaban J connectivity index is 1.94. The number of ketones is 1. The highest BCUT2D eigenvalue weighted by Gasteiger charge is 2.18. The summed E-state index contributed by atoms with van der Waals surface area (Å²) < 4.78 is 23.6. The molecule has 1 heterocycles. The molecule has 2 aromatic rings. The molecular weight excluding hydrogens is 285 g/mol. The van der Waals surface area contributed by atoms with E-state index in [1.807, 2.05) is 6.07 Å². The number of rotatable bonds is 3. The molecule has 2 aromatic carbocycles. The van der Waals surface area contributed by atoms with Crippen molar-refractivity contribution in [3.8, 4) is 17.6 Å². The maximum absolute atomic E-state index is 13.2. The van der Waals surface area contributed by atoms with Gasteiger partial charge in [0.05, 0.1) is 0 Å². The van der Waals surface area contributed by atoms with Crippen LogP contribution >= 0.6 is 0 Å². The van der Waals surface area contributed by atoms with E-state index in [4.69, 9.17) is 9.47 Å². The first kappa shape index (κ1) is 13.8. The number of nitriles is 1. The lowest BCUT2D eigenvalue weighted by Crippen LogP contribution is -2.02. The van der Waals surface area contributed by atoms with E-state index in [0.717, 1.165) is 0 Å². The standard InChI is InChI=1S/C17H10FNO3/c18-14-3-1-2-11(7-14)6-13(9-19)17(20)12-4-5-15-16(8-12)22-10-21-15/h1-8H,10H2. The normalized spacial score (nSPS) is 12.8. The molecule has 4 nitrogen and oxygen atoms in total. The summed E-state index contributed by atoms with van der Waals surface area (Å²) >= 11 is 0. The quantitative estimate of drug-likeness (QED) is 0.495. The van der Waals surface area contributed by atoms with Gasteiger partial charge in [0.25, 0.3) is 0 Å². The highest BCUT2D eigenvalue weighted by Crippen LogP contribution is 2.33. The van der Waals surface area contributed by atoms with Crippen LogP contribution in [0.25, 0.3) is 6.08 Å². The summed E-state index contributed by atoms with van der Waals surface area (Å²) in [5, 5.41) is 9.19. The summed E-state index contributed by atoms with van der Waals surface area (Å²) in [6, 6.07) is 12.2. The van der Waals surface area contributed by atoms with Crippen molar-refractivity contribution < 1.29 is 18.7 Å². The number of Topliss-reactive ketones (excluding diaryl/α,β-unsaturated/α-hetero) is 1. The molecule has 0 bridgehead atoms. The first-order valence-electron chi connectivity index (χ1n) is 6.49. The van der Waals surface area contributed by atoms with E-state index < -0.39 is 11.6 Å². The van der Waals surface area contributed by atoms with Crippen LogP contribution in [0.4, 0.5) is 4.39 Å². The fourth-order valence-corrected chi connectivity index (χ4v) is 2.10. The Morgan fingerprint density at radius 1 is 1.18 bits per heavy atom. The highest BCUT2D eigenvalue weighted by molar-refractivity contribution is 6.14. The smallest absolute Gasteiger partial charge is 0.231 e. The van der Waals surface area contributed by atoms with Gasteiger partial charge in [-0.3, -0.25) is 4.79 Å². The van der Waals surface area contributed by atoms with Gasteiger partial charge >= 0.3 is 0 Å². The third-order valence-electron chi connectivity index (χ3n) is 3.16. The Labute approximate surface area is 126 Å². The molecule has 0 amide bonds. The van der Waals surface area contributed by atoms with Gasteiger partial charge in [-0.15, -0.1) is 0 Å². The monoisotopic (exact) mass is 295 g/mol. The van der Waals surface area contributed by atoms with Crippen LogP contribution in [0.1, 0.15) is 15.9 Å². The molecule has 1 aliphatic rings. The van der Waals surface area contributed by atoms with Crippen LogP contribution in [-0.4, -0.2) is 12.6 Å². The maximum atomic E-state index is 13.2. The number of hydrogen-bond donors (Lipinski definition) is 0. The van der Waals surface area contributed by atoms with Gasteiger partial charge in [-0.05, 0) is 42.0 Å². The Kier molecular flexibility index (Phi) is 3.58. The van der Waals surface area contributed by atoms with E-state index in [1.165, 1.54) is 30.3 Å². The minimum absolute atomic E-state index is 0.0792. The molecule has 108 valence electrons. The van der Waals surface area contributed by atoms with Gasteiger partial charge in [0, 0.05) is 5.56 Å². The molecule has 0 aromatic heterocycles. The number of allylic oxidation sites excluding steroid dienone is 1. The van der Waals surface area contributed by atoms with Crippen molar-refractivity contribution in [1.29, 1.82) is 5.26 Å².